The summed E-state index contributed by atoms with van der Waals surface area (Å²) in [6.07, 6.45) is 6.77. The first-order valence-electron chi connectivity index (χ1n) is 14.3. The highest BCUT2D eigenvalue weighted by molar-refractivity contribution is 5.76. The van der Waals surface area contributed by atoms with Crippen LogP contribution in [0, 0.1) is 50.7 Å². The number of hydrogen-bond acceptors (Lipinski definition) is 5. The van der Waals surface area contributed by atoms with Crippen molar-refractivity contribution in [1.29, 1.82) is 0 Å². The van der Waals surface area contributed by atoms with E-state index in [1.807, 2.05) is 13.8 Å². The van der Waals surface area contributed by atoms with Crippen molar-refractivity contribution in [3.8, 4) is 0 Å². The summed E-state index contributed by atoms with van der Waals surface area (Å²) in [4.78, 5) is 12.8. The Morgan fingerprint density at radius 1 is 0.972 bits per heavy atom. The molecule has 0 aromatic heterocycles. The summed E-state index contributed by atoms with van der Waals surface area (Å²) in [6, 6.07) is 0. The van der Waals surface area contributed by atoms with Crippen molar-refractivity contribution in [2.24, 2.45) is 50.7 Å². The molecule has 0 bridgehead atoms. The standard InChI is InChI=1S/C30H49NO5/c1-17-10-11-29(24(34)35)14-12-26(5)19(22(29)18(17)2)8-9-21-27(26,6)13-15-30(31-36)25(3,4)23(33)20(32)16-28(21,30)7/h8,17-18,20-23,31-33,36H,9-16H2,1-7H3,(H,34,35)/t17-,18+,20-,21?,22+,23+,26-,27-,28-,29+,30-/m1/s1. The van der Waals surface area contributed by atoms with Crippen LogP contribution in [0.4, 0.5) is 0 Å². The number of fused-ring (bicyclic) bond motifs is 7. The zero-order valence-electron chi connectivity index (χ0n) is 23.4. The van der Waals surface area contributed by atoms with E-state index in [1.165, 1.54) is 5.57 Å². The van der Waals surface area contributed by atoms with E-state index in [4.69, 9.17) is 0 Å². The SMILES string of the molecule is C[C@H]1[C@H](C)CC[C@]2(C(=O)O)CC[C@]3(C)C(=CCC4[C@@]3(C)CC[C@@]3(NO)C(C)(C)[C@@H](O)[C@H](O)C[C@]43C)[C@H]12. The van der Waals surface area contributed by atoms with E-state index < -0.39 is 40.0 Å². The topological polar surface area (TPSA) is 110 Å². The third-order valence-electron chi connectivity index (χ3n) is 13.9. The molecule has 0 heterocycles. The number of aliphatic hydroxyl groups excluding tert-OH is 2. The van der Waals surface area contributed by atoms with Crippen molar-refractivity contribution < 1.29 is 25.3 Å². The fraction of sp³-hybridized carbons (Fsp3) is 0.900. The molecule has 0 aliphatic heterocycles. The summed E-state index contributed by atoms with van der Waals surface area (Å²) in [7, 11) is 0. The molecule has 0 aromatic rings. The van der Waals surface area contributed by atoms with Crippen LogP contribution in [-0.4, -0.2) is 44.2 Å². The number of aliphatic hydroxyl groups is 2. The number of rotatable bonds is 2. The van der Waals surface area contributed by atoms with Crippen molar-refractivity contribution >= 4 is 5.97 Å². The van der Waals surface area contributed by atoms with E-state index >= 15 is 0 Å². The average molecular weight is 504 g/mol. The number of carboxylic acid groups (broad SMARTS) is 1. The number of hydrogen-bond donors (Lipinski definition) is 5. The molecule has 1 unspecified atom stereocenters. The van der Waals surface area contributed by atoms with Crippen molar-refractivity contribution in [3.05, 3.63) is 11.6 Å². The smallest absolute Gasteiger partial charge is 0.310 e. The molecule has 0 spiro atoms. The van der Waals surface area contributed by atoms with Gasteiger partial charge in [0.1, 0.15) is 0 Å². The van der Waals surface area contributed by atoms with E-state index in [2.05, 4.69) is 46.2 Å². The predicted molar refractivity (Wildman–Crippen MR) is 138 cm³/mol. The van der Waals surface area contributed by atoms with Crippen LogP contribution in [0.5, 0.6) is 0 Å². The minimum Gasteiger partial charge on any atom is -0.481 e. The average Bonchev–Trinajstić information content (AvgIpc) is 2.80. The van der Waals surface area contributed by atoms with Gasteiger partial charge in [0.15, 0.2) is 0 Å². The number of carbonyl (C=O) groups is 1. The number of carboxylic acids is 1. The van der Waals surface area contributed by atoms with Crippen molar-refractivity contribution in [3.63, 3.8) is 0 Å². The van der Waals surface area contributed by atoms with Gasteiger partial charge < -0.3 is 20.5 Å². The van der Waals surface area contributed by atoms with Crippen LogP contribution < -0.4 is 5.48 Å². The molecule has 5 aliphatic rings. The first-order chi connectivity index (χ1) is 16.6. The Labute approximate surface area is 216 Å². The Balaban J connectivity index is 1.66. The summed E-state index contributed by atoms with van der Waals surface area (Å²) in [5.74, 6) is 0.445. The lowest BCUT2D eigenvalue weighted by molar-refractivity contribution is -0.273. The molecule has 36 heavy (non-hydrogen) atoms. The van der Waals surface area contributed by atoms with Gasteiger partial charge in [0.2, 0.25) is 0 Å². The van der Waals surface area contributed by atoms with Crippen LogP contribution >= 0.6 is 0 Å². The van der Waals surface area contributed by atoms with Gasteiger partial charge in [-0.15, -0.1) is 0 Å². The van der Waals surface area contributed by atoms with Gasteiger partial charge in [-0.3, -0.25) is 4.79 Å². The molecular formula is C30H49NO5. The second-order valence-electron chi connectivity index (χ2n) is 14.9. The van der Waals surface area contributed by atoms with Crippen LogP contribution in [0.1, 0.15) is 99.8 Å². The van der Waals surface area contributed by atoms with Crippen LogP contribution in [0.2, 0.25) is 0 Å². The molecule has 204 valence electrons. The zero-order valence-corrected chi connectivity index (χ0v) is 23.4. The summed E-state index contributed by atoms with van der Waals surface area (Å²) in [5.41, 5.74) is 1.32. The van der Waals surface area contributed by atoms with E-state index in [9.17, 15) is 25.3 Å². The second-order valence-corrected chi connectivity index (χ2v) is 14.9. The van der Waals surface area contributed by atoms with Gasteiger partial charge in [-0.25, -0.2) is 0 Å². The van der Waals surface area contributed by atoms with Gasteiger partial charge >= 0.3 is 5.97 Å². The van der Waals surface area contributed by atoms with Crippen LogP contribution in [0.25, 0.3) is 0 Å². The quantitative estimate of drug-likeness (QED) is 0.263. The third kappa shape index (κ3) is 2.75. The number of nitrogens with one attached hydrogen (secondary N) is 1. The second kappa shape index (κ2) is 7.80. The lowest BCUT2D eigenvalue weighted by Crippen LogP contribution is -2.79. The van der Waals surface area contributed by atoms with Gasteiger partial charge in [0, 0.05) is 5.41 Å². The zero-order chi connectivity index (χ0) is 26.7. The highest BCUT2D eigenvalue weighted by Gasteiger charge is 2.75. The summed E-state index contributed by atoms with van der Waals surface area (Å²) in [6.45, 7) is 15.5. The molecule has 0 saturated heterocycles. The summed E-state index contributed by atoms with van der Waals surface area (Å²) in [5, 5.41) is 43.4. The Hall–Kier alpha value is -0.950. The van der Waals surface area contributed by atoms with Gasteiger partial charge in [0.05, 0.1) is 23.2 Å². The molecule has 0 amide bonds. The fourth-order valence-electron chi connectivity index (χ4n) is 11.2. The van der Waals surface area contributed by atoms with Crippen LogP contribution in [-0.2, 0) is 4.79 Å². The largest absolute Gasteiger partial charge is 0.481 e. The van der Waals surface area contributed by atoms with Gasteiger partial charge in [-0.1, -0.05) is 60.1 Å². The number of allylic oxidation sites excluding steroid dienone is 2. The molecule has 4 saturated carbocycles. The van der Waals surface area contributed by atoms with Gasteiger partial charge in [0.25, 0.3) is 0 Å². The molecular weight excluding hydrogens is 454 g/mol. The Kier molecular flexibility index (Phi) is 5.77. The fourth-order valence-corrected chi connectivity index (χ4v) is 11.2. The van der Waals surface area contributed by atoms with Crippen molar-refractivity contribution in [1.82, 2.24) is 5.48 Å². The molecule has 11 atom stereocenters. The molecule has 6 nitrogen and oxygen atoms in total. The minimum absolute atomic E-state index is 0.0564. The van der Waals surface area contributed by atoms with Gasteiger partial charge in [-0.05, 0) is 91.3 Å². The van der Waals surface area contributed by atoms with E-state index in [0.717, 1.165) is 32.1 Å². The maximum Gasteiger partial charge on any atom is 0.310 e. The first kappa shape index (κ1) is 26.6. The molecule has 0 radical (unpaired) electrons. The molecule has 4 fully saturated rings. The highest BCUT2D eigenvalue weighted by Crippen LogP contribution is 2.76. The molecule has 5 rings (SSSR count). The van der Waals surface area contributed by atoms with Crippen LogP contribution in [0.3, 0.4) is 0 Å². The lowest BCUT2D eigenvalue weighted by Gasteiger charge is -2.74. The number of hydroxylamine groups is 1. The Bertz CT molecular complexity index is 978. The van der Waals surface area contributed by atoms with Crippen LogP contribution in [0.15, 0.2) is 11.6 Å². The summed E-state index contributed by atoms with van der Waals surface area (Å²) >= 11 is 0. The normalized spacial score (nSPS) is 55.9. The van der Waals surface area contributed by atoms with Gasteiger partial charge in [-0.2, -0.15) is 5.48 Å². The molecule has 0 aromatic carbocycles. The maximum absolute atomic E-state index is 12.8. The highest BCUT2D eigenvalue weighted by atomic mass is 16.5. The van der Waals surface area contributed by atoms with E-state index in [1.54, 1.807) is 0 Å². The molecule has 5 aliphatic carbocycles. The molecule has 5 N–H and O–H groups in total. The van der Waals surface area contributed by atoms with E-state index in [0.29, 0.717) is 31.1 Å². The van der Waals surface area contributed by atoms with E-state index in [-0.39, 0.29) is 22.7 Å². The Morgan fingerprint density at radius 3 is 2.25 bits per heavy atom. The Morgan fingerprint density at radius 2 is 1.64 bits per heavy atom. The lowest BCUT2D eigenvalue weighted by atomic mass is 9.31. The summed E-state index contributed by atoms with van der Waals surface area (Å²) < 4.78 is 0. The first-order valence-corrected chi connectivity index (χ1v) is 14.3. The maximum atomic E-state index is 12.8. The minimum atomic E-state index is -0.921. The number of aliphatic carboxylic acids is 1. The van der Waals surface area contributed by atoms with Crippen molar-refractivity contribution in [2.45, 2.75) is 118 Å². The van der Waals surface area contributed by atoms with Crippen molar-refractivity contribution in [2.75, 3.05) is 0 Å². The molecule has 6 heteroatoms. The monoisotopic (exact) mass is 503 g/mol. The third-order valence-corrected chi connectivity index (χ3v) is 13.9. The predicted octanol–water partition coefficient (Wildman–Crippen LogP) is 5.16.